The molecule has 1 aromatic rings. The average molecular weight is 302 g/mol. The van der Waals surface area contributed by atoms with Crippen molar-refractivity contribution in [3.8, 4) is 0 Å². The molecule has 122 valence electrons. The predicted molar refractivity (Wildman–Crippen MR) is 94.2 cm³/mol. The maximum absolute atomic E-state index is 4.34. The summed E-state index contributed by atoms with van der Waals surface area (Å²) in [5, 5.41) is 6.91. The maximum atomic E-state index is 4.34. The van der Waals surface area contributed by atoms with Crippen LogP contribution in [0, 0.1) is 5.92 Å². The van der Waals surface area contributed by atoms with Crippen molar-refractivity contribution in [2.24, 2.45) is 10.9 Å². The topological polar surface area (TPSA) is 39.7 Å². The number of likely N-dealkylation sites (tertiary alicyclic amines) is 1. The third-order valence-corrected chi connectivity index (χ3v) is 4.54. The van der Waals surface area contributed by atoms with Crippen LogP contribution in [0.3, 0.4) is 0 Å². The van der Waals surface area contributed by atoms with Crippen molar-refractivity contribution < 1.29 is 0 Å². The molecule has 1 aliphatic rings. The summed E-state index contributed by atoms with van der Waals surface area (Å²) in [7, 11) is 1.84. The molecule has 1 atom stereocenters. The first-order valence-corrected chi connectivity index (χ1v) is 8.50. The van der Waals surface area contributed by atoms with E-state index in [0.29, 0.717) is 0 Å². The summed E-state index contributed by atoms with van der Waals surface area (Å²) in [6.07, 6.45) is 2.36. The van der Waals surface area contributed by atoms with Crippen LogP contribution in [0.25, 0.3) is 0 Å². The van der Waals surface area contributed by atoms with Gasteiger partial charge in [-0.1, -0.05) is 38.1 Å². The fourth-order valence-corrected chi connectivity index (χ4v) is 3.08. The summed E-state index contributed by atoms with van der Waals surface area (Å²) < 4.78 is 0. The van der Waals surface area contributed by atoms with E-state index in [1.54, 1.807) is 0 Å². The molecule has 1 unspecified atom stereocenters. The lowest BCUT2D eigenvalue weighted by Crippen LogP contribution is -2.40. The lowest BCUT2D eigenvalue weighted by Gasteiger charge is -2.17. The Kier molecular flexibility index (Phi) is 6.72. The number of benzene rings is 1. The number of aliphatic imine (C=N–C) groups is 1. The first-order chi connectivity index (χ1) is 10.8. The fraction of sp³-hybridized carbons (Fsp3) is 0.611. The normalized spacial score (nSPS) is 19.4. The lowest BCUT2D eigenvalue weighted by atomic mass is 10.1. The Hall–Kier alpha value is -1.55. The highest BCUT2D eigenvalue weighted by Gasteiger charge is 2.20. The zero-order valence-electron chi connectivity index (χ0n) is 14.2. The molecule has 0 bridgehead atoms. The third kappa shape index (κ3) is 4.73. The van der Waals surface area contributed by atoms with Gasteiger partial charge < -0.3 is 15.5 Å². The summed E-state index contributed by atoms with van der Waals surface area (Å²) in [6.45, 7) is 9.88. The van der Waals surface area contributed by atoms with Crippen LogP contribution >= 0.6 is 0 Å². The minimum Gasteiger partial charge on any atom is -0.356 e. The number of nitrogens with zero attached hydrogens (tertiary/aromatic N) is 2. The first kappa shape index (κ1) is 16.8. The Morgan fingerprint density at radius 3 is 2.64 bits per heavy atom. The van der Waals surface area contributed by atoms with E-state index >= 15 is 0 Å². The standard InChI is InChI=1S/C18H30N4/c1-4-16-8-6-7-9-17(16)13-21-18(19-3)20-12-15-10-11-22(5-2)14-15/h6-9,15H,4-5,10-14H2,1-3H3,(H2,19,20,21). The molecule has 1 saturated heterocycles. The van der Waals surface area contributed by atoms with Crippen molar-refractivity contribution in [2.45, 2.75) is 33.2 Å². The molecule has 2 rings (SSSR count). The lowest BCUT2D eigenvalue weighted by molar-refractivity contribution is 0.342. The predicted octanol–water partition coefficient (Wildman–Crippen LogP) is 2.26. The van der Waals surface area contributed by atoms with Gasteiger partial charge in [-0.05, 0) is 43.0 Å². The summed E-state index contributed by atoms with van der Waals surface area (Å²) in [5.74, 6) is 1.64. The quantitative estimate of drug-likeness (QED) is 0.625. The van der Waals surface area contributed by atoms with Gasteiger partial charge in [0.15, 0.2) is 5.96 Å². The molecule has 0 spiro atoms. The zero-order valence-corrected chi connectivity index (χ0v) is 14.2. The highest BCUT2D eigenvalue weighted by atomic mass is 15.2. The van der Waals surface area contributed by atoms with E-state index in [9.17, 15) is 0 Å². The maximum Gasteiger partial charge on any atom is 0.191 e. The van der Waals surface area contributed by atoms with Gasteiger partial charge in [-0.2, -0.15) is 0 Å². The number of rotatable bonds is 6. The van der Waals surface area contributed by atoms with Gasteiger partial charge in [0.05, 0.1) is 0 Å². The summed E-state index contributed by atoms with van der Waals surface area (Å²) in [6, 6.07) is 8.60. The second-order valence-electron chi connectivity index (χ2n) is 5.98. The Morgan fingerprint density at radius 1 is 1.23 bits per heavy atom. The van der Waals surface area contributed by atoms with E-state index in [0.717, 1.165) is 37.9 Å². The van der Waals surface area contributed by atoms with E-state index in [1.807, 2.05) is 7.05 Å². The number of hydrogen-bond donors (Lipinski definition) is 2. The van der Waals surface area contributed by atoms with Gasteiger partial charge >= 0.3 is 0 Å². The third-order valence-electron chi connectivity index (χ3n) is 4.54. The Bertz CT molecular complexity index is 484. The second-order valence-corrected chi connectivity index (χ2v) is 5.98. The molecule has 1 fully saturated rings. The van der Waals surface area contributed by atoms with Crippen LogP contribution in [0.2, 0.25) is 0 Å². The molecule has 4 nitrogen and oxygen atoms in total. The van der Waals surface area contributed by atoms with Gasteiger partial charge in [0.1, 0.15) is 0 Å². The van der Waals surface area contributed by atoms with Gasteiger partial charge in [0, 0.05) is 26.7 Å². The molecule has 0 radical (unpaired) electrons. The minimum absolute atomic E-state index is 0.737. The molecule has 0 aliphatic carbocycles. The van der Waals surface area contributed by atoms with E-state index in [1.165, 1.54) is 30.6 Å². The average Bonchev–Trinajstić information content (AvgIpc) is 3.03. The molecule has 4 heteroatoms. The van der Waals surface area contributed by atoms with Gasteiger partial charge in [-0.3, -0.25) is 4.99 Å². The van der Waals surface area contributed by atoms with Gasteiger partial charge in [0.25, 0.3) is 0 Å². The zero-order chi connectivity index (χ0) is 15.8. The molecule has 0 amide bonds. The smallest absolute Gasteiger partial charge is 0.191 e. The monoisotopic (exact) mass is 302 g/mol. The molecular formula is C18H30N4. The van der Waals surface area contributed by atoms with Gasteiger partial charge in [-0.25, -0.2) is 0 Å². The second kappa shape index (κ2) is 8.79. The van der Waals surface area contributed by atoms with Crippen molar-refractivity contribution in [3.05, 3.63) is 35.4 Å². The first-order valence-electron chi connectivity index (χ1n) is 8.50. The highest BCUT2D eigenvalue weighted by molar-refractivity contribution is 5.79. The largest absolute Gasteiger partial charge is 0.356 e. The number of guanidine groups is 1. The molecular weight excluding hydrogens is 272 g/mol. The van der Waals surface area contributed by atoms with Crippen LogP contribution in [0.4, 0.5) is 0 Å². The van der Waals surface area contributed by atoms with Crippen LogP contribution in [0.5, 0.6) is 0 Å². The van der Waals surface area contributed by atoms with Crippen molar-refractivity contribution in [3.63, 3.8) is 0 Å². The van der Waals surface area contributed by atoms with Crippen LogP contribution in [-0.4, -0.2) is 44.1 Å². The Labute approximate surface area is 135 Å². The molecule has 1 heterocycles. The van der Waals surface area contributed by atoms with Gasteiger partial charge in [-0.15, -0.1) is 0 Å². The van der Waals surface area contributed by atoms with Crippen molar-refractivity contribution in [2.75, 3.05) is 33.2 Å². The Balaban J connectivity index is 1.78. The molecule has 22 heavy (non-hydrogen) atoms. The number of nitrogens with one attached hydrogen (secondary N) is 2. The SMILES string of the molecule is CCc1ccccc1CNC(=NC)NCC1CCN(CC)C1. The molecule has 0 aromatic heterocycles. The van der Waals surface area contributed by atoms with E-state index in [-0.39, 0.29) is 0 Å². The highest BCUT2D eigenvalue weighted by Crippen LogP contribution is 2.14. The van der Waals surface area contributed by atoms with E-state index in [4.69, 9.17) is 0 Å². The van der Waals surface area contributed by atoms with Crippen molar-refractivity contribution in [1.29, 1.82) is 0 Å². The van der Waals surface area contributed by atoms with Crippen LogP contribution < -0.4 is 10.6 Å². The van der Waals surface area contributed by atoms with Crippen LogP contribution in [0.15, 0.2) is 29.3 Å². The van der Waals surface area contributed by atoms with Crippen LogP contribution in [-0.2, 0) is 13.0 Å². The van der Waals surface area contributed by atoms with Crippen molar-refractivity contribution >= 4 is 5.96 Å². The molecule has 0 saturated carbocycles. The number of aryl methyl sites for hydroxylation is 1. The fourth-order valence-electron chi connectivity index (χ4n) is 3.08. The van der Waals surface area contributed by atoms with Gasteiger partial charge in [0.2, 0.25) is 0 Å². The molecule has 1 aliphatic heterocycles. The summed E-state index contributed by atoms with van der Waals surface area (Å²) in [5.41, 5.74) is 2.76. The van der Waals surface area contributed by atoms with Crippen LogP contribution in [0.1, 0.15) is 31.4 Å². The Morgan fingerprint density at radius 2 is 2.00 bits per heavy atom. The number of hydrogen-bond acceptors (Lipinski definition) is 2. The van der Waals surface area contributed by atoms with E-state index < -0.39 is 0 Å². The molecule has 2 N–H and O–H groups in total. The summed E-state index contributed by atoms with van der Waals surface area (Å²) in [4.78, 5) is 6.85. The summed E-state index contributed by atoms with van der Waals surface area (Å²) >= 11 is 0. The van der Waals surface area contributed by atoms with Crippen molar-refractivity contribution in [1.82, 2.24) is 15.5 Å². The molecule has 1 aromatic carbocycles. The van der Waals surface area contributed by atoms with E-state index in [2.05, 4.69) is 58.6 Å². The minimum atomic E-state index is 0.737.